The molecule has 0 saturated heterocycles. The van der Waals surface area contributed by atoms with E-state index in [4.69, 9.17) is 5.73 Å². The van der Waals surface area contributed by atoms with Gasteiger partial charge in [0.2, 0.25) is 0 Å². The summed E-state index contributed by atoms with van der Waals surface area (Å²) in [6, 6.07) is 6.19. The summed E-state index contributed by atoms with van der Waals surface area (Å²) in [5, 5.41) is 0. The first-order chi connectivity index (χ1) is 8.72. The molecular formula is C13H15N5. The Morgan fingerprint density at radius 1 is 1.28 bits per heavy atom. The molecule has 0 bridgehead atoms. The monoisotopic (exact) mass is 241 g/mol. The van der Waals surface area contributed by atoms with Crippen LogP contribution in [0.1, 0.15) is 17.0 Å². The average molecular weight is 241 g/mol. The molecule has 3 rings (SSSR count). The molecule has 18 heavy (non-hydrogen) atoms. The van der Waals surface area contributed by atoms with E-state index in [1.807, 2.05) is 13.0 Å². The molecular weight excluding hydrogens is 226 g/mol. The van der Waals surface area contributed by atoms with E-state index < -0.39 is 0 Å². The summed E-state index contributed by atoms with van der Waals surface area (Å²) in [6.45, 7) is 2.04. The normalized spacial score (nSPS) is 11.2. The van der Waals surface area contributed by atoms with Gasteiger partial charge in [-0.05, 0) is 37.5 Å². The third-order valence-corrected chi connectivity index (χ3v) is 3.15. The number of aromatic amines is 2. The lowest BCUT2D eigenvalue weighted by molar-refractivity contribution is 0.915. The molecule has 0 aliphatic rings. The number of fused-ring (bicyclic) bond motifs is 1. The van der Waals surface area contributed by atoms with E-state index in [-0.39, 0.29) is 0 Å². The topological polar surface area (TPSA) is 83.4 Å². The number of nitrogens with one attached hydrogen (secondary N) is 2. The van der Waals surface area contributed by atoms with E-state index >= 15 is 0 Å². The molecule has 1 aromatic carbocycles. The Morgan fingerprint density at radius 3 is 2.94 bits per heavy atom. The summed E-state index contributed by atoms with van der Waals surface area (Å²) in [5.74, 6) is 0.463. The van der Waals surface area contributed by atoms with Crippen LogP contribution in [0, 0.1) is 6.92 Å². The summed E-state index contributed by atoms with van der Waals surface area (Å²) >= 11 is 0. The number of nitrogens with two attached hydrogens (primary N) is 1. The van der Waals surface area contributed by atoms with Gasteiger partial charge in [0.05, 0.1) is 23.1 Å². The fraction of sp³-hybridized carbons (Fsp3) is 0.231. The van der Waals surface area contributed by atoms with Gasteiger partial charge in [0.1, 0.15) is 0 Å². The second kappa shape index (κ2) is 4.18. The highest BCUT2D eigenvalue weighted by Crippen LogP contribution is 2.16. The summed E-state index contributed by atoms with van der Waals surface area (Å²) in [7, 11) is 0. The van der Waals surface area contributed by atoms with Crippen LogP contribution >= 0.6 is 0 Å². The van der Waals surface area contributed by atoms with Crippen molar-refractivity contribution < 1.29 is 0 Å². The van der Waals surface area contributed by atoms with Gasteiger partial charge >= 0.3 is 0 Å². The van der Waals surface area contributed by atoms with Crippen molar-refractivity contribution in [2.45, 2.75) is 19.8 Å². The van der Waals surface area contributed by atoms with Crippen LogP contribution in [0.5, 0.6) is 0 Å². The molecule has 0 saturated carbocycles. The third-order valence-electron chi connectivity index (χ3n) is 3.15. The van der Waals surface area contributed by atoms with Crippen molar-refractivity contribution in [1.29, 1.82) is 0 Å². The Morgan fingerprint density at radius 2 is 2.17 bits per heavy atom. The maximum Gasteiger partial charge on any atom is 0.198 e. The quantitative estimate of drug-likeness (QED) is 0.655. The standard InChI is InChI=1S/C13H15N5/c1-8-10(16-7-15-8)4-2-9-3-5-11-12(6-9)18-13(14)17-11/h3,5-7H,2,4H2,1H3,(H,15,16)(H3,14,17,18). The van der Waals surface area contributed by atoms with Crippen LogP contribution < -0.4 is 5.73 Å². The highest BCUT2D eigenvalue weighted by molar-refractivity contribution is 5.77. The molecule has 5 nitrogen and oxygen atoms in total. The first kappa shape index (κ1) is 10.8. The highest BCUT2D eigenvalue weighted by Gasteiger charge is 2.04. The number of hydrogen-bond donors (Lipinski definition) is 3. The highest BCUT2D eigenvalue weighted by atomic mass is 15.0. The maximum absolute atomic E-state index is 5.63. The number of rotatable bonds is 3. The van der Waals surface area contributed by atoms with Crippen molar-refractivity contribution in [2.75, 3.05) is 5.73 Å². The van der Waals surface area contributed by atoms with Crippen LogP contribution in [0.4, 0.5) is 5.95 Å². The number of nitrogens with zero attached hydrogens (tertiary/aromatic N) is 2. The predicted molar refractivity (Wildman–Crippen MR) is 71.2 cm³/mol. The van der Waals surface area contributed by atoms with Crippen LogP contribution in [-0.4, -0.2) is 19.9 Å². The van der Waals surface area contributed by atoms with Gasteiger partial charge in [-0.1, -0.05) is 6.07 Å². The van der Waals surface area contributed by atoms with Gasteiger partial charge in [0, 0.05) is 5.69 Å². The molecule has 2 aromatic heterocycles. The van der Waals surface area contributed by atoms with Crippen LogP contribution in [0.2, 0.25) is 0 Å². The first-order valence-corrected chi connectivity index (χ1v) is 5.95. The van der Waals surface area contributed by atoms with E-state index in [2.05, 4.69) is 32.1 Å². The Kier molecular flexibility index (Phi) is 2.51. The molecule has 5 heteroatoms. The van der Waals surface area contributed by atoms with Gasteiger partial charge in [-0.25, -0.2) is 9.97 Å². The molecule has 0 amide bonds. The van der Waals surface area contributed by atoms with Crippen molar-refractivity contribution in [2.24, 2.45) is 0 Å². The fourth-order valence-electron chi connectivity index (χ4n) is 2.13. The summed E-state index contributed by atoms with van der Waals surface area (Å²) in [5.41, 5.74) is 11.0. The largest absolute Gasteiger partial charge is 0.369 e. The lowest BCUT2D eigenvalue weighted by Gasteiger charge is -2.00. The van der Waals surface area contributed by atoms with E-state index in [0.717, 1.165) is 35.3 Å². The molecule has 0 spiro atoms. The van der Waals surface area contributed by atoms with Gasteiger partial charge in [-0.3, -0.25) is 0 Å². The van der Waals surface area contributed by atoms with E-state index in [0.29, 0.717) is 5.95 Å². The van der Waals surface area contributed by atoms with Gasteiger partial charge in [-0.15, -0.1) is 0 Å². The molecule has 0 unspecified atom stereocenters. The van der Waals surface area contributed by atoms with E-state index in [1.165, 1.54) is 5.56 Å². The number of benzene rings is 1. The average Bonchev–Trinajstić information content (AvgIpc) is 2.90. The SMILES string of the molecule is Cc1[nH]cnc1CCc1ccc2[nH]c(N)nc2c1. The summed E-state index contributed by atoms with van der Waals surface area (Å²) < 4.78 is 0. The van der Waals surface area contributed by atoms with Crippen molar-refractivity contribution in [3.05, 3.63) is 41.5 Å². The van der Waals surface area contributed by atoms with Crippen molar-refractivity contribution in [3.8, 4) is 0 Å². The van der Waals surface area contributed by atoms with E-state index in [1.54, 1.807) is 6.33 Å². The lowest BCUT2D eigenvalue weighted by Crippen LogP contribution is -1.93. The molecule has 2 heterocycles. The molecule has 92 valence electrons. The number of nitrogen functional groups attached to an aromatic ring is 1. The van der Waals surface area contributed by atoms with Crippen LogP contribution in [0.25, 0.3) is 11.0 Å². The first-order valence-electron chi connectivity index (χ1n) is 5.95. The minimum Gasteiger partial charge on any atom is -0.369 e. The maximum atomic E-state index is 5.63. The number of aromatic nitrogens is 4. The van der Waals surface area contributed by atoms with Gasteiger partial charge < -0.3 is 15.7 Å². The molecule has 3 aromatic rings. The molecule has 0 radical (unpaired) electrons. The number of imidazole rings is 2. The molecule has 0 fully saturated rings. The van der Waals surface area contributed by atoms with Crippen LogP contribution in [0.3, 0.4) is 0 Å². The van der Waals surface area contributed by atoms with E-state index in [9.17, 15) is 0 Å². The summed E-state index contributed by atoms with van der Waals surface area (Å²) in [6.07, 6.45) is 3.62. The Balaban J connectivity index is 1.80. The molecule has 0 aliphatic heterocycles. The van der Waals surface area contributed by atoms with Gasteiger partial charge in [-0.2, -0.15) is 0 Å². The number of aryl methyl sites for hydroxylation is 3. The second-order valence-electron chi connectivity index (χ2n) is 4.45. The molecule has 0 atom stereocenters. The molecule has 4 N–H and O–H groups in total. The lowest BCUT2D eigenvalue weighted by atomic mass is 10.1. The Labute approximate surface area is 104 Å². The van der Waals surface area contributed by atoms with Crippen molar-refractivity contribution in [1.82, 2.24) is 19.9 Å². The van der Waals surface area contributed by atoms with Crippen molar-refractivity contribution in [3.63, 3.8) is 0 Å². The zero-order chi connectivity index (χ0) is 12.5. The zero-order valence-corrected chi connectivity index (χ0v) is 10.2. The van der Waals surface area contributed by atoms with Gasteiger partial charge in [0.25, 0.3) is 0 Å². The third kappa shape index (κ3) is 1.95. The predicted octanol–water partition coefficient (Wildman–Crippen LogP) is 1.96. The minimum atomic E-state index is 0.463. The zero-order valence-electron chi connectivity index (χ0n) is 10.2. The second-order valence-corrected chi connectivity index (χ2v) is 4.45. The molecule has 0 aliphatic carbocycles. The van der Waals surface area contributed by atoms with Crippen LogP contribution in [-0.2, 0) is 12.8 Å². The summed E-state index contributed by atoms with van der Waals surface area (Å²) in [4.78, 5) is 14.6. The number of anilines is 1. The number of H-pyrrole nitrogens is 2. The fourth-order valence-corrected chi connectivity index (χ4v) is 2.13. The van der Waals surface area contributed by atoms with Gasteiger partial charge in [0.15, 0.2) is 5.95 Å². The smallest absolute Gasteiger partial charge is 0.198 e. The minimum absolute atomic E-state index is 0.463. The number of hydrogen-bond acceptors (Lipinski definition) is 3. The Hall–Kier alpha value is -2.30. The van der Waals surface area contributed by atoms with Crippen LogP contribution in [0.15, 0.2) is 24.5 Å². The Bertz CT molecular complexity index is 680. The van der Waals surface area contributed by atoms with Crippen molar-refractivity contribution >= 4 is 17.0 Å².